The molecule has 2 rings (SSSR count). The van der Waals surface area contributed by atoms with Gasteiger partial charge in [-0.15, -0.1) is 0 Å². The first-order chi connectivity index (χ1) is 7.68. The molecule has 1 aromatic carbocycles. The fourth-order valence-electron chi connectivity index (χ4n) is 1.44. The number of aromatic hydroxyl groups is 1. The van der Waals surface area contributed by atoms with Crippen molar-refractivity contribution < 1.29 is 5.11 Å². The second-order valence-electron chi connectivity index (χ2n) is 3.37. The third-order valence-electron chi connectivity index (χ3n) is 2.26. The molecule has 0 saturated heterocycles. The number of nitrogens with zero attached hydrogens (tertiary/aromatic N) is 1. The predicted molar refractivity (Wildman–Crippen MR) is 62.4 cm³/mol. The molecule has 80 valence electrons. The molecular formula is C12H11N3O. The van der Waals surface area contributed by atoms with E-state index in [2.05, 4.69) is 4.98 Å². The van der Waals surface area contributed by atoms with E-state index in [1.54, 1.807) is 12.3 Å². The summed E-state index contributed by atoms with van der Waals surface area (Å²) in [6, 6.07) is 11.3. The fraction of sp³-hybridized carbons (Fsp3) is 0. The maximum Gasteiger partial charge on any atom is 0.222 e. The van der Waals surface area contributed by atoms with Crippen LogP contribution in [0.15, 0.2) is 42.6 Å². The molecule has 0 saturated carbocycles. The van der Waals surface area contributed by atoms with Gasteiger partial charge >= 0.3 is 0 Å². The Bertz CT molecular complexity index is 523. The molecule has 0 radical (unpaired) electrons. The lowest BCUT2D eigenvalue weighted by Crippen LogP contribution is -2.11. The van der Waals surface area contributed by atoms with Crippen molar-refractivity contribution in [3.63, 3.8) is 0 Å². The summed E-state index contributed by atoms with van der Waals surface area (Å²) in [5.41, 5.74) is 7.39. The van der Waals surface area contributed by atoms with Crippen LogP contribution in [0.3, 0.4) is 0 Å². The van der Waals surface area contributed by atoms with E-state index in [1.807, 2.05) is 30.3 Å². The zero-order valence-electron chi connectivity index (χ0n) is 8.51. The number of nitrogen functional groups attached to an aromatic ring is 1. The molecule has 4 heteroatoms. The van der Waals surface area contributed by atoms with Crippen LogP contribution in [0.5, 0.6) is 5.88 Å². The summed E-state index contributed by atoms with van der Waals surface area (Å²) in [6.45, 7) is 0. The van der Waals surface area contributed by atoms with Gasteiger partial charge in [-0.3, -0.25) is 5.41 Å². The average Bonchev–Trinajstić information content (AvgIpc) is 2.30. The van der Waals surface area contributed by atoms with Gasteiger partial charge in [-0.05, 0) is 11.6 Å². The Morgan fingerprint density at radius 2 is 1.88 bits per heavy atom. The van der Waals surface area contributed by atoms with E-state index < -0.39 is 0 Å². The Labute approximate surface area is 92.9 Å². The minimum atomic E-state index is -0.216. The van der Waals surface area contributed by atoms with Crippen molar-refractivity contribution in [1.29, 1.82) is 5.41 Å². The van der Waals surface area contributed by atoms with E-state index in [1.165, 1.54) is 0 Å². The van der Waals surface area contributed by atoms with E-state index in [0.717, 1.165) is 11.1 Å². The minimum Gasteiger partial charge on any atom is -0.493 e. The highest BCUT2D eigenvalue weighted by molar-refractivity contribution is 5.98. The Hall–Kier alpha value is -2.36. The van der Waals surface area contributed by atoms with Crippen LogP contribution < -0.4 is 5.73 Å². The van der Waals surface area contributed by atoms with E-state index >= 15 is 0 Å². The van der Waals surface area contributed by atoms with Gasteiger partial charge in [0.1, 0.15) is 5.84 Å². The van der Waals surface area contributed by atoms with Crippen molar-refractivity contribution in [2.24, 2.45) is 5.73 Å². The average molecular weight is 213 g/mol. The fourth-order valence-corrected chi connectivity index (χ4v) is 1.44. The van der Waals surface area contributed by atoms with E-state index in [4.69, 9.17) is 11.1 Å². The number of benzene rings is 1. The van der Waals surface area contributed by atoms with Crippen LogP contribution in [0.25, 0.3) is 11.1 Å². The number of nitrogens with two attached hydrogens (primary N) is 1. The molecule has 2 aromatic rings. The Balaban J connectivity index is 2.52. The van der Waals surface area contributed by atoms with Crippen LogP contribution >= 0.6 is 0 Å². The monoisotopic (exact) mass is 213 g/mol. The second kappa shape index (κ2) is 4.02. The van der Waals surface area contributed by atoms with Gasteiger partial charge in [0.25, 0.3) is 0 Å². The summed E-state index contributed by atoms with van der Waals surface area (Å²) in [6.07, 6.45) is 1.55. The largest absolute Gasteiger partial charge is 0.493 e. The maximum absolute atomic E-state index is 9.42. The van der Waals surface area contributed by atoms with Crippen LogP contribution in [0, 0.1) is 5.41 Å². The molecule has 0 aliphatic rings. The first kappa shape index (κ1) is 10.2. The molecule has 0 amide bonds. The van der Waals surface area contributed by atoms with Gasteiger partial charge in [-0.25, -0.2) is 4.98 Å². The topological polar surface area (TPSA) is 83.0 Å². The lowest BCUT2D eigenvalue weighted by Gasteiger charge is -2.05. The summed E-state index contributed by atoms with van der Waals surface area (Å²) in [7, 11) is 0. The zero-order valence-corrected chi connectivity index (χ0v) is 8.51. The lowest BCUT2D eigenvalue weighted by atomic mass is 10.1. The molecule has 0 aliphatic carbocycles. The van der Waals surface area contributed by atoms with Gasteiger partial charge in [-0.2, -0.15) is 0 Å². The molecule has 0 aliphatic heterocycles. The highest BCUT2D eigenvalue weighted by atomic mass is 16.3. The van der Waals surface area contributed by atoms with Crippen LogP contribution in [0.4, 0.5) is 0 Å². The van der Waals surface area contributed by atoms with Gasteiger partial charge in [-0.1, -0.05) is 30.3 Å². The first-order valence-electron chi connectivity index (χ1n) is 4.77. The van der Waals surface area contributed by atoms with Crippen molar-refractivity contribution in [1.82, 2.24) is 4.98 Å². The summed E-state index contributed by atoms with van der Waals surface area (Å²) >= 11 is 0. The standard InChI is InChI=1S/C12H11N3O/c13-11(14)10-6-9(7-15-12(10)16)8-4-2-1-3-5-8/h1-7H,(H3,13,14)(H,15,16). The Morgan fingerprint density at radius 1 is 1.19 bits per heavy atom. The van der Waals surface area contributed by atoms with Gasteiger partial charge < -0.3 is 10.8 Å². The molecule has 16 heavy (non-hydrogen) atoms. The van der Waals surface area contributed by atoms with E-state index in [9.17, 15) is 5.11 Å². The number of rotatable bonds is 2. The van der Waals surface area contributed by atoms with E-state index in [0.29, 0.717) is 0 Å². The molecule has 0 spiro atoms. The minimum absolute atomic E-state index is 0.192. The van der Waals surface area contributed by atoms with Gasteiger partial charge in [0.15, 0.2) is 0 Å². The van der Waals surface area contributed by atoms with Crippen molar-refractivity contribution in [2.75, 3.05) is 0 Å². The number of nitrogens with one attached hydrogen (secondary N) is 1. The second-order valence-corrected chi connectivity index (χ2v) is 3.37. The molecular weight excluding hydrogens is 202 g/mol. The molecule has 1 heterocycles. The molecule has 4 N–H and O–H groups in total. The van der Waals surface area contributed by atoms with Crippen LogP contribution in [-0.4, -0.2) is 15.9 Å². The zero-order chi connectivity index (χ0) is 11.5. The summed E-state index contributed by atoms with van der Waals surface area (Å²) < 4.78 is 0. The molecule has 1 aromatic heterocycles. The highest BCUT2D eigenvalue weighted by Gasteiger charge is 2.07. The van der Waals surface area contributed by atoms with Crippen molar-refractivity contribution in [3.05, 3.63) is 48.2 Å². The van der Waals surface area contributed by atoms with Crippen molar-refractivity contribution >= 4 is 5.84 Å². The smallest absolute Gasteiger partial charge is 0.222 e. The number of amidine groups is 1. The predicted octanol–water partition coefficient (Wildman–Crippen LogP) is 1.74. The van der Waals surface area contributed by atoms with Crippen LogP contribution in [0.1, 0.15) is 5.56 Å². The number of hydrogen-bond donors (Lipinski definition) is 3. The van der Waals surface area contributed by atoms with Gasteiger partial charge in [0.05, 0.1) is 5.56 Å². The SMILES string of the molecule is N=C(N)c1cc(-c2ccccc2)cnc1O. The normalized spacial score (nSPS) is 10.0. The third-order valence-corrected chi connectivity index (χ3v) is 2.26. The lowest BCUT2D eigenvalue weighted by molar-refractivity contribution is 0.452. The number of aromatic nitrogens is 1. The Morgan fingerprint density at radius 3 is 2.50 bits per heavy atom. The highest BCUT2D eigenvalue weighted by Crippen LogP contribution is 2.22. The number of hydrogen-bond acceptors (Lipinski definition) is 3. The molecule has 4 nitrogen and oxygen atoms in total. The summed E-state index contributed by atoms with van der Waals surface area (Å²) in [5.74, 6) is -0.407. The molecule has 0 fully saturated rings. The maximum atomic E-state index is 9.42. The third kappa shape index (κ3) is 1.86. The summed E-state index contributed by atoms with van der Waals surface area (Å²) in [4.78, 5) is 3.81. The van der Waals surface area contributed by atoms with E-state index in [-0.39, 0.29) is 17.3 Å². The van der Waals surface area contributed by atoms with Crippen LogP contribution in [-0.2, 0) is 0 Å². The quantitative estimate of drug-likeness (QED) is 0.524. The van der Waals surface area contributed by atoms with Gasteiger partial charge in [0.2, 0.25) is 5.88 Å². The molecule has 0 atom stereocenters. The van der Waals surface area contributed by atoms with Crippen molar-refractivity contribution in [2.45, 2.75) is 0 Å². The molecule has 0 bridgehead atoms. The number of pyridine rings is 1. The van der Waals surface area contributed by atoms with Crippen LogP contribution in [0.2, 0.25) is 0 Å². The Kier molecular flexibility index (Phi) is 2.55. The molecule has 0 unspecified atom stereocenters. The summed E-state index contributed by atoms with van der Waals surface area (Å²) in [5, 5.41) is 16.7. The first-order valence-corrected chi connectivity index (χ1v) is 4.77. The van der Waals surface area contributed by atoms with Crippen molar-refractivity contribution in [3.8, 4) is 17.0 Å². The van der Waals surface area contributed by atoms with Gasteiger partial charge in [0, 0.05) is 11.8 Å².